The van der Waals surface area contributed by atoms with Gasteiger partial charge in [0.25, 0.3) is 0 Å². The zero-order valence-corrected chi connectivity index (χ0v) is 13.0. The molecule has 1 heterocycles. The Morgan fingerprint density at radius 1 is 1.40 bits per heavy atom. The van der Waals surface area contributed by atoms with E-state index < -0.39 is 18.7 Å². The normalized spacial score (nSPS) is 10.8. The first-order valence-electron chi connectivity index (χ1n) is 6.97. The molecule has 0 atom stereocenters. The first-order chi connectivity index (χ1) is 11.8. The molecule has 0 aliphatic heterocycles. The van der Waals surface area contributed by atoms with Gasteiger partial charge in [-0.2, -0.15) is 18.4 Å². The lowest BCUT2D eigenvalue weighted by Gasteiger charge is -2.12. The fourth-order valence-electron chi connectivity index (χ4n) is 1.81. The Morgan fingerprint density at radius 3 is 2.76 bits per heavy atom. The van der Waals surface area contributed by atoms with Crippen molar-refractivity contribution >= 4 is 17.4 Å². The Morgan fingerprint density at radius 2 is 2.16 bits per heavy atom. The highest BCUT2D eigenvalue weighted by atomic mass is 19.4. The van der Waals surface area contributed by atoms with E-state index in [1.54, 1.807) is 19.1 Å². The quantitative estimate of drug-likeness (QED) is 0.827. The van der Waals surface area contributed by atoms with Crippen LogP contribution in [0.3, 0.4) is 0 Å². The summed E-state index contributed by atoms with van der Waals surface area (Å²) in [4.78, 5) is 11.8. The lowest BCUT2D eigenvalue weighted by molar-refractivity contribution is -0.153. The zero-order chi connectivity index (χ0) is 18.4. The van der Waals surface area contributed by atoms with E-state index in [0.29, 0.717) is 11.4 Å². The van der Waals surface area contributed by atoms with Crippen molar-refractivity contribution in [1.29, 1.82) is 5.26 Å². The highest BCUT2D eigenvalue weighted by molar-refractivity contribution is 5.92. The summed E-state index contributed by atoms with van der Waals surface area (Å²) in [5, 5.41) is 17.8. The van der Waals surface area contributed by atoms with Gasteiger partial charge in [-0.25, -0.2) is 0 Å². The van der Waals surface area contributed by atoms with Crippen LogP contribution in [0.2, 0.25) is 0 Å². The number of nitriles is 1. The number of amides is 1. The molecule has 2 N–H and O–H groups in total. The number of rotatable bonds is 6. The Labute approximate surface area is 140 Å². The SMILES string of the molecule is Cc1cc(NC(=O)CNc2ccc(OCC(F)(F)F)c(C#N)c2)no1. The average molecular weight is 354 g/mol. The monoisotopic (exact) mass is 354 g/mol. The summed E-state index contributed by atoms with van der Waals surface area (Å²) in [7, 11) is 0. The van der Waals surface area contributed by atoms with E-state index in [1.165, 1.54) is 18.2 Å². The number of nitrogens with one attached hydrogen (secondary N) is 2. The Kier molecular flexibility index (Phi) is 5.49. The number of carbonyl (C=O) groups excluding carboxylic acids is 1. The molecule has 0 radical (unpaired) electrons. The van der Waals surface area contributed by atoms with Crippen molar-refractivity contribution in [2.24, 2.45) is 0 Å². The van der Waals surface area contributed by atoms with E-state index in [2.05, 4.69) is 20.5 Å². The van der Waals surface area contributed by atoms with Gasteiger partial charge in [-0.1, -0.05) is 5.16 Å². The number of aryl methyl sites for hydroxylation is 1. The van der Waals surface area contributed by atoms with Crippen molar-refractivity contribution in [3.8, 4) is 11.8 Å². The number of anilines is 2. The third-order valence-corrected chi connectivity index (χ3v) is 2.84. The van der Waals surface area contributed by atoms with Gasteiger partial charge < -0.3 is 19.9 Å². The molecule has 2 rings (SSSR count). The molecule has 0 aliphatic rings. The van der Waals surface area contributed by atoms with Crippen LogP contribution in [0.4, 0.5) is 24.7 Å². The van der Waals surface area contributed by atoms with E-state index in [-0.39, 0.29) is 23.7 Å². The molecule has 7 nitrogen and oxygen atoms in total. The van der Waals surface area contributed by atoms with Gasteiger partial charge in [-0.15, -0.1) is 0 Å². The van der Waals surface area contributed by atoms with Crippen molar-refractivity contribution < 1.29 is 27.2 Å². The van der Waals surface area contributed by atoms with Gasteiger partial charge in [0, 0.05) is 11.8 Å². The van der Waals surface area contributed by atoms with Gasteiger partial charge in [0.15, 0.2) is 12.4 Å². The van der Waals surface area contributed by atoms with Crippen LogP contribution >= 0.6 is 0 Å². The average Bonchev–Trinajstić information content (AvgIpc) is 2.95. The summed E-state index contributed by atoms with van der Waals surface area (Å²) in [6.07, 6.45) is -4.50. The molecule has 0 bridgehead atoms. The number of ether oxygens (including phenoxy) is 1. The Balaban J connectivity index is 1.94. The van der Waals surface area contributed by atoms with Crippen molar-refractivity contribution in [2.45, 2.75) is 13.1 Å². The summed E-state index contributed by atoms with van der Waals surface area (Å²) in [5.41, 5.74) is 0.296. The van der Waals surface area contributed by atoms with Crippen molar-refractivity contribution in [3.63, 3.8) is 0 Å². The minimum Gasteiger partial charge on any atom is -0.483 e. The smallest absolute Gasteiger partial charge is 0.422 e. The van der Waals surface area contributed by atoms with Crippen LogP contribution in [0.25, 0.3) is 0 Å². The zero-order valence-electron chi connectivity index (χ0n) is 13.0. The summed E-state index contributed by atoms with van der Waals surface area (Å²) < 4.78 is 45.9. The summed E-state index contributed by atoms with van der Waals surface area (Å²) in [6, 6.07) is 7.21. The van der Waals surface area contributed by atoms with Crippen LogP contribution in [0.5, 0.6) is 5.75 Å². The minimum absolute atomic E-state index is 0.0817. The van der Waals surface area contributed by atoms with Crippen molar-refractivity contribution in [2.75, 3.05) is 23.8 Å². The van der Waals surface area contributed by atoms with E-state index in [0.717, 1.165) is 0 Å². The molecule has 0 fully saturated rings. The molecule has 1 aromatic heterocycles. The minimum atomic E-state index is -4.50. The number of alkyl halides is 3. The van der Waals surface area contributed by atoms with Crippen LogP contribution in [-0.4, -0.2) is 30.4 Å². The highest BCUT2D eigenvalue weighted by Crippen LogP contribution is 2.24. The fourth-order valence-corrected chi connectivity index (χ4v) is 1.81. The molecule has 0 saturated carbocycles. The second-order valence-electron chi connectivity index (χ2n) is 4.95. The highest BCUT2D eigenvalue weighted by Gasteiger charge is 2.28. The topological polar surface area (TPSA) is 100 Å². The van der Waals surface area contributed by atoms with Gasteiger partial charge in [0.2, 0.25) is 5.91 Å². The number of halogens is 3. The number of carbonyl (C=O) groups is 1. The number of aromatic nitrogens is 1. The number of hydrogen-bond acceptors (Lipinski definition) is 6. The van der Waals surface area contributed by atoms with Gasteiger partial charge in [-0.3, -0.25) is 4.79 Å². The van der Waals surface area contributed by atoms with Crippen LogP contribution in [-0.2, 0) is 4.79 Å². The van der Waals surface area contributed by atoms with Crippen LogP contribution < -0.4 is 15.4 Å². The first-order valence-corrected chi connectivity index (χ1v) is 6.97. The lowest BCUT2D eigenvalue weighted by Crippen LogP contribution is -2.22. The summed E-state index contributed by atoms with van der Waals surface area (Å²) in [5.74, 6) is 0.200. The Bertz CT molecular complexity index is 796. The number of hydrogen-bond donors (Lipinski definition) is 2. The van der Waals surface area contributed by atoms with Crippen molar-refractivity contribution in [1.82, 2.24) is 5.16 Å². The van der Waals surface area contributed by atoms with E-state index in [9.17, 15) is 18.0 Å². The molecule has 1 amide bonds. The predicted octanol–water partition coefficient (Wildman–Crippen LogP) is 2.85. The molecule has 10 heteroatoms. The number of nitrogens with zero attached hydrogens (tertiary/aromatic N) is 2. The van der Waals surface area contributed by atoms with E-state index in [4.69, 9.17) is 9.78 Å². The Hall–Kier alpha value is -3.22. The van der Waals surface area contributed by atoms with Gasteiger partial charge in [-0.05, 0) is 25.1 Å². The maximum Gasteiger partial charge on any atom is 0.422 e. The third kappa shape index (κ3) is 5.72. The first kappa shape index (κ1) is 18.1. The standard InChI is InChI=1S/C15H13F3N4O3/c1-9-4-13(22-25-9)21-14(23)7-20-11-2-3-12(10(5-11)6-19)24-8-15(16,17)18/h2-5,20H,7-8H2,1H3,(H,21,22,23). The largest absolute Gasteiger partial charge is 0.483 e. The molecule has 1 aromatic carbocycles. The van der Waals surface area contributed by atoms with E-state index >= 15 is 0 Å². The molecule has 0 unspecified atom stereocenters. The third-order valence-electron chi connectivity index (χ3n) is 2.84. The van der Waals surface area contributed by atoms with Crippen LogP contribution in [0, 0.1) is 18.3 Å². The molecule has 2 aromatic rings. The molecule has 0 spiro atoms. The second-order valence-corrected chi connectivity index (χ2v) is 4.95. The maximum atomic E-state index is 12.2. The van der Waals surface area contributed by atoms with Gasteiger partial charge >= 0.3 is 6.18 Å². The summed E-state index contributed by atoms with van der Waals surface area (Å²) in [6.45, 7) is 0.0419. The maximum absolute atomic E-state index is 12.2. The lowest BCUT2D eigenvalue weighted by atomic mass is 10.2. The molecule has 0 saturated heterocycles. The molecule has 25 heavy (non-hydrogen) atoms. The van der Waals surface area contributed by atoms with Crippen LogP contribution in [0.15, 0.2) is 28.8 Å². The molecule has 0 aliphatic carbocycles. The second kappa shape index (κ2) is 7.57. The molecule has 132 valence electrons. The van der Waals surface area contributed by atoms with Gasteiger partial charge in [0.1, 0.15) is 17.6 Å². The van der Waals surface area contributed by atoms with Crippen LogP contribution in [0.1, 0.15) is 11.3 Å². The molecular formula is C15H13F3N4O3. The number of benzene rings is 1. The predicted molar refractivity (Wildman–Crippen MR) is 81.1 cm³/mol. The van der Waals surface area contributed by atoms with Crippen molar-refractivity contribution in [3.05, 3.63) is 35.6 Å². The summed E-state index contributed by atoms with van der Waals surface area (Å²) >= 11 is 0. The fraction of sp³-hybridized carbons (Fsp3) is 0.267. The van der Waals surface area contributed by atoms with E-state index in [1.807, 2.05) is 0 Å². The van der Waals surface area contributed by atoms with Gasteiger partial charge in [0.05, 0.1) is 12.1 Å². The molecular weight excluding hydrogens is 341 g/mol.